The maximum Gasteiger partial charge on any atom is 0.242 e. The third-order valence-electron chi connectivity index (χ3n) is 3.84. The standard InChI is InChI=1S/C18H22BrN3O3S/c1-13-10-15(19)8-9-16(13)20-12-18(23)21-11-14-6-4-5-7-17(14)26(24,25)22(2)3/h4-10,20H,11-12H2,1-3H3,(H,21,23). The average Bonchev–Trinajstić information content (AvgIpc) is 2.59. The molecule has 0 atom stereocenters. The summed E-state index contributed by atoms with van der Waals surface area (Å²) >= 11 is 3.40. The lowest BCUT2D eigenvalue weighted by atomic mass is 10.2. The van der Waals surface area contributed by atoms with E-state index in [1.54, 1.807) is 24.3 Å². The average molecular weight is 440 g/mol. The van der Waals surface area contributed by atoms with Crippen molar-refractivity contribution in [2.75, 3.05) is 26.0 Å². The lowest BCUT2D eigenvalue weighted by Gasteiger charge is -2.16. The molecule has 0 aliphatic carbocycles. The highest BCUT2D eigenvalue weighted by atomic mass is 79.9. The summed E-state index contributed by atoms with van der Waals surface area (Å²) in [4.78, 5) is 12.3. The van der Waals surface area contributed by atoms with Crippen LogP contribution in [0, 0.1) is 6.92 Å². The Labute approximate surface area is 162 Å². The second-order valence-electron chi connectivity index (χ2n) is 5.98. The number of carbonyl (C=O) groups excluding carboxylic acids is 1. The Morgan fingerprint density at radius 2 is 1.85 bits per heavy atom. The van der Waals surface area contributed by atoms with Gasteiger partial charge in [-0.05, 0) is 42.3 Å². The molecule has 26 heavy (non-hydrogen) atoms. The van der Waals surface area contributed by atoms with Gasteiger partial charge < -0.3 is 10.6 Å². The van der Waals surface area contributed by atoms with Gasteiger partial charge in [0.05, 0.1) is 11.4 Å². The summed E-state index contributed by atoms with van der Waals surface area (Å²) in [5.74, 6) is -0.218. The Morgan fingerprint density at radius 3 is 2.50 bits per heavy atom. The number of hydrogen-bond acceptors (Lipinski definition) is 4. The van der Waals surface area contributed by atoms with Crippen molar-refractivity contribution in [1.29, 1.82) is 0 Å². The van der Waals surface area contributed by atoms with Crippen molar-refractivity contribution in [2.45, 2.75) is 18.4 Å². The van der Waals surface area contributed by atoms with Crippen LogP contribution in [0.1, 0.15) is 11.1 Å². The van der Waals surface area contributed by atoms with Gasteiger partial charge in [-0.3, -0.25) is 4.79 Å². The molecule has 0 fully saturated rings. The first-order chi connectivity index (χ1) is 12.2. The van der Waals surface area contributed by atoms with Crippen LogP contribution >= 0.6 is 15.9 Å². The van der Waals surface area contributed by atoms with Gasteiger partial charge in [0.15, 0.2) is 0 Å². The second kappa shape index (κ2) is 8.66. The van der Waals surface area contributed by atoms with E-state index in [4.69, 9.17) is 0 Å². The minimum absolute atomic E-state index is 0.102. The van der Waals surface area contributed by atoms with Crippen molar-refractivity contribution >= 4 is 37.5 Å². The molecule has 0 spiro atoms. The van der Waals surface area contributed by atoms with E-state index in [-0.39, 0.29) is 23.9 Å². The number of carbonyl (C=O) groups is 1. The highest BCUT2D eigenvalue weighted by molar-refractivity contribution is 9.10. The fourth-order valence-electron chi connectivity index (χ4n) is 2.36. The number of nitrogens with one attached hydrogen (secondary N) is 2. The first-order valence-corrected chi connectivity index (χ1v) is 10.2. The predicted octanol–water partition coefficient (Wildman–Crippen LogP) is 2.74. The number of sulfonamides is 1. The van der Waals surface area contributed by atoms with Crippen LogP contribution in [0.3, 0.4) is 0 Å². The molecular formula is C18H22BrN3O3S. The normalized spacial score (nSPS) is 11.4. The zero-order chi connectivity index (χ0) is 19.3. The van der Waals surface area contributed by atoms with Crippen molar-refractivity contribution in [3.8, 4) is 0 Å². The lowest BCUT2D eigenvalue weighted by Crippen LogP contribution is -2.31. The monoisotopic (exact) mass is 439 g/mol. The van der Waals surface area contributed by atoms with E-state index in [0.29, 0.717) is 5.56 Å². The molecule has 0 saturated carbocycles. The number of aryl methyl sites for hydroxylation is 1. The number of amides is 1. The molecule has 0 saturated heterocycles. The van der Waals surface area contributed by atoms with Gasteiger partial charge in [-0.1, -0.05) is 34.1 Å². The first-order valence-electron chi connectivity index (χ1n) is 7.99. The van der Waals surface area contributed by atoms with Crippen molar-refractivity contribution < 1.29 is 13.2 Å². The zero-order valence-corrected chi connectivity index (χ0v) is 17.3. The molecule has 0 aliphatic rings. The van der Waals surface area contributed by atoms with Crippen molar-refractivity contribution in [3.05, 3.63) is 58.1 Å². The van der Waals surface area contributed by atoms with Crippen LogP contribution in [-0.4, -0.2) is 39.3 Å². The molecule has 2 rings (SSSR count). The molecular weight excluding hydrogens is 418 g/mol. The lowest BCUT2D eigenvalue weighted by molar-refractivity contribution is -0.119. The third kappa shape index (κ3) is 5.06. The predicted molar refractivity (Wildman–Crippen MR) is 107 cm³/mol. The molecule has 2 aromatic rings. The Morgan fingerprint density at radius 1 is 1.15 bits per heavy atom. The molecule has 0 aromatic heterocycles. The summed E-state index contributed by atoms with van der Waals surface area (Å²) in [5, 5.41) is 5.84. The van der Waals surface area contributed by atoms with Gasteiger partial charge in [-0.2, -0.15) is 0 Å². The van der Waals surface area contributed by atoms with Crippen LogP contribution in [0.15, 0.2) is 51.8 Å². The molecule has 0 radical (unpaired) electrons. The molecule has 1 amide bonds. The number of benzene rings is 2. The van der Waals surface area contributed by atoms with Crippen molar-refractivity contribution in [1.82, 2.24) is 9.62 Å². The minimum Gasteiger partial charge on any atom is -0.376 e. The topological polar surface area (TPSA) is 78.5 Å². The number of rotatable bonds is 7. The van der Waals surface area contributed by atoms with Crippen LogP contribution in [-0.2, 0) is 21.4 Å². The van der Waals surface area contributed by atoms with Gasteiger partial charge in [-0.25, -0.2) is 12.7 Å². The van der Waals surface area contributed by atoms with E-state index in [2.05, 4.69) is 26.6 Å². The van der Waals surface area contributed by atoms with E-state index in [1.807, 2.05) is 25.1 Å². The van der Waals surface area contributed by atoms with Crippen LogP contribution in [0.2, 0.25) is 0 Å². The summed E-state index contributed by atoms with van der Waals surface area (Å²) in [7, 11) is -0.596. The SMILES string of the molecule is Cc1cc(Br)ccc1NCC(=O)NCc1ccccc1S(=O)(=O)N(C)C. The molecule has 8 heteroatoms. The van der Waals surface area contributed by atoms with Gasteiger partial charge in [0, 0.05) is 30.8 Å². The Kier molecular flexibility index (Phi) is 6.80. The van der Waals surface area contributed by atoms with Gasteiger partial charge in [0.2, 0.25) is 15.9 Å². The third-order valence-corrected chi connectivity index (χ3v) is 6.24. The summed E-state index contributed by atoms with van der Waals surface area (Å²) in [6.45, 7) is 2.20. The summed E-state index contributed by atoms with van der Waals surface area (Å²) in [6, 6.07) is 12.4. The molecule has 0 aliphatic heterocycles. The first kappa shape index (κ1) is 20.4. The fourth-order valence-corrected chi connectivity index (χ4v) is 3.95. The molecule has 0 unspecified atom stereocenters. The van der Waals surface area contributed by atoms with E-state index in [1.165, 1.54) is 14.1 Å². The van der Waals surface area contributed by atoms with E-state index in [0.717, 1.165) is 20.0 Å². The van der Waals surface area contributed by atoms with Gasteiger partial charge in [0.1, 0.15) is 0 Å². The number of nitrogens with zero attached hydrogens (tertiary/aromatic N) is 1. The minimum atomic E-state index is -3.56. The van der Waals surface area contributed by atoms with Gasteiger partial charge >= 0.3 is 0 Å². The molecule has 0 heterocycles. The quantitative estimate of drug-likeness (QED) is 0.694. The van der Waals surface area contributed by atoms with E-state index >= 15 is 0 Å². The van der Waals surface area contributed by atoms with Crippen molar-refractivity contribution in [2.24, 2.45) is 0 Å². The van der Waals surface area contributed by atoms with Crippen LogP contribution in [0.5, 0.6) is 0 Å². The van der Waals surface area contributed by atoms with Crippen LogP contribution in [0.4, 0.5) is 5.69 Å². The number of anilines is 1. The summed E-state index contributed by atoms with van der Waals surface area (Å²) in [5.41, 5.74) is 2.45. The summed E-state index contributed by atoms with van der Waals surface area (Å²) in [6.07, 6.45) is 0. The molecule has 140 valence electrons. The molecule has 2 N–H and O–H groups in total. The largest absolute Gasteiger partial charge is 0.376 e. The smallest absolute Gasteiger partial charge is 0.242 e. The molecule has 2 aromatic carbocycles. The maximum absolute atomic E-state index is 12.4. The maximum atomic E-state index is 12.4. The second-order valence-corrected chi connectivity index (χ2v) is 9.02. The molecule has 6 nitrogen and oxygen atoms in total. The van der Waals surface area contributed by atoms with Gasteiger partial charge in [-0.15, -0.1) is 0 Å². The Balaban J connectivity index is 2.00. The zero-order valence-electron chi connectivity index (χ0n) is 14.9. The highest BCUT2D eigenvalue weighted by Gasteiger charge is 2.20. The Bertz CT molecular complexity index is 898. The molecule has 0 bridgehead atoms. The fraction of sp³-hybridized carbons (Fsp3) is 0.278. The van der Waals surface area contributed by atoms with E-state index < -0.39 is 10.0 Å². The number of hydrogen-bond donors (Lipinski definition) is 2. The van der Waals surface area contributed by atoms with Crippen LogP contribution < -0.4 is 10.6 Å². The van der Waals surface area contributed by atoms with Crippen molar-refractivity contribution in [3.63, 3.8) is 0 Å². The number of halogens is 1. The summed E-state index contributed by atoms with van der Waals surface area (Å²) < 4.78 is 26.9. The Hall–Kier alpha value is -1.90. The van der Waals surface area contributed by atoms with Gasteiger partial charge in [0.25, 0.3) is 0 Å². The van der Waals surface area contributed by atoms with E-state index in [9.17, 15) is 13.2 Å². The highest BCUT2D eigenvalue weighted by Crippen LogP contribution is 2.20. The van der Waals surface area contributed by atoms with Crippen LogP contribution in [0.25, 0.3) is 0 Å².